The van der Waals surface area contributed by atoms with Crippen LogP contribution >= 0.6 is 0 Å². The molecule has 0 aromatic carbocycles. The maximum Gasteiger partial charge on any atom is 0.326 e. The fraction of sp³-hybridized carbons (Fsp3) is 0.400. The molecule has 1 saturated carbocycles. The number of aromatic nitrogens is 6. The lowest BCUT2D eigenvalue weighted by Crippen LogP contribution is -2.32. The number of hydrogen-bond donors (Lipinski definition) is 1. The van der Waals surface area contributed by atoms with Crippen LogP contribution in [0.1, 0.15) is 36.5 Å². The van der Waals surface area contributed by atoms with Gasteiger partial charge in [-0.15, -0.1) is 5.10 Å². The van der Waals surface area contributed by atoms with E-state index in [1.165, 1.54) is 10.6 Å². The fourth-order valence-electron chi connectivity index (χ4n) is 3.72. The molecule has 0 amide bonds. The van der Waals surface area contributed by atoms with Crippen molar-refractivity contribution in [2.24, 2.45) is 5.92 Å². The second-order valence-electron chi connectivity index (χ2n) is 7.66. The first-order valence-electron chi connectivity index (χ1n) is 10.1. The number of alkyl halides is 2. The maximum atomic E-state index is 14.1. The van der Waals surface area contributed by atoms with Gasteiger partial charge in [-0.25, -0.2) is 13.9 Å². The molecule has 0 bridgehead atoms. The molecule has 1 N–H and O–H groups in total. The van der Waals surface area contributed by atoms with Gasteiger partial charge in [0.25, 0.3) is 5.89 Å². The van der Waals surface area contributed by atoms with E-state index in [0.717, 1.165) is 24.2 Å². The third kappa shape index (κ3) is 3.64. The Morgan fingerprint density at radius 3 is 2.84 bits per heavy atom. The van der Waals surface area contributed by atoms with Gasteiger partial charge in [0.2, 0.25) is 0 Å². The first-order chi connectivity index (χ1) is 15.0. The molecule has 6 rings (SSSR count). The van der Waals surface area contributed by atoms with Crippen LogP contribution in [0.3, 0.4) is 0 Å². The number of fused-ring (bicyclic) bond motifs is 2. The van der Waals surface area contributed by atoms with Crippen molar-refractivity contribution < 1.29 is 17.6 Å². The Bertz CT molecular complexity index is 1180. The van der Waals surface area contributed by atoms with E-state index in [2.05, 4.69) is 25.3 Å². The minimum Gasteiger partial charge on any atom is -0.401 e. The summed E-state index contributed by atoms with van der Waals surface area (Å²) < 4.78 is 47.8. The van der Waals surface area contributed by atoms with Crippen LogP contribution in [0, 0.1) is 11.7 Å². The summed E-state index contributed by atoms with van der Waals surface area (Å²) in [5.74, 6) is -4.47. The van der Waals surface area contributed by atoms with Gasteiger partial charge in [0.05, 0.1) is 30.5 Å². The topological polar surface area (TPSA) is 88.1 Å². The van der Waals surface area contributed by atoms with Crippen LogP contribution < -0.4 is 4.90 Å². The summed E-state index contributed by atoms with van der Waals surface area (Å²) >= 11 is 0. The number of H-pyrrole nitrogens is 1. The van der Waals surface area contributed by atoms with Crippen LogP contribution in [0.5, 0.6) is 0 Å². The molecule has 1 fully saturated rings. The molecule has 162 valence electrons. The summed E-state index contributed by atoms with van der Waals surface area (Å²) in [4.78, 5) is 9.04. The number of pyridine rings is 1. The van der Waals surface area contributed by atoms with Crippen molar-refractivity contribution in [2.45, 2.75) is 38.2 Å². The van der Waals surface area contributed by atoms with Crippen LogP contribution in [0.25, 0.3) is 5.52 Å². The first-order valence-corrected chi connectivity index (χ1v) is 10.1. The number of rotatable bonds is 3. The van der Waals surface area contributed by atoms with Crippen molar-refractivity contribution in [1.29, 1.82) is 0 Å². The summed E-state index contributed by atoms with van der Waals surface area (Å²) in [5.41, 5.74) is 2.49. The number of anilines is 1. The molecule has 5 heterocycles. The van der Waals surface area contributed by atoms with Crippen LogP contribution in [-0.2, 0) is 18.9 Å². The van der Waals surface area contributed by atoms with Crippen molar-refractivity contribution in [3.63, 3.8) is 0 Å². The third-order valence-corrected chi connectivity index (χ3v) is 5.75. The molecular weight excluding hydrogens is 411 g/mol. The Kier molecular flexibility index (Phi) is 4.87. The zero-order valence-corrected chi connectivity index (χ0v) is 16.5. The molecule has 1 aliphatic carbocycles. The van der Waals surface area contributed by atoms with Crippen LogP contribution in [0.15, 0.2) is 41.3 Å². The third-order valence-electron chi connectivity index (χ3n) is 5.75. The van der Waals surface area contributed by atoms with E-state index in [-0.39, 0.29) is 11.8 Å². The highest BCUT2D eigenvalue weighted by atomic mass is 19.3. The van der Waals surface area contributed by atoms with Gasteiger partial charge < -0.3 is 14.3 Å². The van der Waals surface area contributed by atoms with Crippen molar-refractivity contribution in [1.82, 2.24) is 29.8 Å². The van der Waals surface area contributed by atoms with Gasteiger partial charge in [-0.3, -0.25) is 0 Å². The van der Waals surface area contributed by atoms with Crippen molar-refractivity contribution >= 4 is 11.5 Å². The van der Waals surface area contributed by atoms with Gasteiger partial charge in [0.15, 0.2) is 0 Å². The molecule has 0 saturated heterocycles. The molecule has 2 aliphatic rings. The summed E-state index contributed by atoms with van der Waals surface area (Å²) in [6.07, 6.45) is 7.53. The molecule has 8 nitrogen and oxygen atoms in total. The van der Waals surface area contributed by atoms with Crippen LogP contribution in [0.2, 0.25) is 0 Å². The lowest BCUT2D eigenvalue weighted by atomic mass is 9.80. The number of aromatic amines is 1. The Labute approximate surface area is 175 Å². The minimum absolute atomic E-state index is 0.157. The summed E-state index contributed by atoms with van der Waals surface area (Å²) in [7, 11) is 0. The van der Waals surface area contributed by atoms with E-state index in [0.29, 0.717) is 31.4 Å². The smallest absolute Gasteiger partial charge is 0.326 e. The van der Waals surface area contributed by atoms with Gasteiger partial charge in [0, 0.05) is 25.1 Å². The van der Waals surface area contributed by atoms with Crippen molar-refractivity contribution in [3.05, 3.63) is 60.0 Å². The quantitative estimate of drug-likeness (QED) is 0.532. The zero-order chi connectivity index (χ0) is 21.4. The van der Waals surface area contributed by atoms with E-state index in [4.69, 9.17) is 4.42 Å². The molecule has 0 atom stereocenters. The average molecular weight is 431 g/mol. The first kappa shape index (κ1) is 19.6. The molecule has 0 radical (unpaired) electrons. The monoisotopic (exact) mass is 431 g/mol. The highest BCUT2D eigenvalue weighted by molar-refractivity contribution is 5.46. The zero-order valence-electron chi connectivity index (χ0n) is 16.5. The molecule has 0 unspecified atom stereocenters. The number of imidazole rings is 1. The fourth-order valence-corrected chi connectivity index (χ4v) is 3.72. The van der Waals surface area contributed by atoms with Crippen molar-refractivity contribution in [2.75, 3.05) is 11.4 Å². The van der Waals surface area contributed by atoms with Crippen LogP contribution in [0.4, 0.5) is 19.2 Å². The predicted octanol–water partition coefficient (Wildman–Crippen LogP) is 3.72. The SMILES string of the molecule is FC(F)(c1nnc(N2CCc3nc[nH]c3C2)o1)C1CCC1.Fc1cccn2nccc12. The molecule has 1 aliphatic heterocycles. The summed E-state index contributed by atoms with van der Waals surface area (Å²) in [5, 5.41) is 11.2. The maximum absolute atomic E-state index is 14.1. The summed E-state index contributed by atoms with van der Waals surface area (Å²) in [6.45, 7) is 1.15. The van der Waals surface area contributed by atoms with E-state index in [1.54, 1.807) is 35.8 Å². The lowest BCUT2D eigenvalue weighted by molar-refractivity contribution is -0.114. The van der Waals surface area contributed by atoms with Gasteiger partial charge in [0.1, 0.15) is 11.3 Å². The van der Waals surface area contributed by atoms with E-state index < -0.39 is 17.7 Å². The molecule has 4 aromatic rings. The summed E-state index contributed by atoms with van der Waals surface area (Å²) in [6, 6.07) is 4.83. The van der Waals surface area contributed by atoms with E-state index in [9.17, 15) is 13.2 Å². The van der Waals surface area contributed by atoms with Gasteiger partial charge in [-0.2, -0.15) is 13.9 Å². The Balaban J connectivity index is 0.000000171. The molecule has 0 spiro atoms. The minimum atomic E-state index is -3.02. The Morgan fingerprint density at radius 2 is 2.06 bits per heavy atom. The van der Waals surface area contributed by atoms with E-state index in [1.807, 2.05) is 0 Å². The number of nitrogens with zero attached hydrogens (tertiary/aromatic N) is 6. The lowest BCUT2D eigenvalue weighted by Gasteiger charge is -2.30. The molecule has 11 heteroatoms. The standard InChI is InChI=1S/C13H15F2N5O.C7H5FN2/c14-13(15,8-2-1-3-8)11-18-19-12(21-11)20-5-4-9-10(6-20)17-7-16-9;8-6-2-1-5-10-7(6)3-4-9-10/h7-8H,1-6H2,(H,16,17);1-5H. The average Bonchev–Trinajstić information content (AvgIpc) is 3.46. The predicted molar refractivity (Wildman–Crippen MR) is 104 cm³/mol. The Hall–Kier alpha value is -3.37. The van der Waals surface area contributed by atoms with Crippen LogP contribution in [-0.4, -0.2) is 36.3 Å². The Morgan fingerprint density at radius 1 is 1.19 bits per heavy atom. The van der Waals surface area contributed by atoms with E-state index >= 15 is 0 Å². The normalized spacial score (nSPS) is 16.5. The second kappa shape index (κ2) is 7.71. The molecular formula is C20H20F3N7O. The second-order valence-corrected chi connectivity index (χ2v) is 7.66. The largest absolute Gasteiger partial charge is 0.401 e. The number of halogens is 3. The van der Waals surface area contributed by atoms with Gasteiger partial charge in [-0.1, -0.05) is 11.5 Å². The molecule has 4 aromatic heterocycles. The molecule has 31 heavy (non-hydrogen) atoms. The number of hydrogen-bond acceptors (Lipinski definition) is 6. The van der Waals surface area contributed by atoms with Gasteiger partial charge in [-0.05, 0) is 31.0 Å². The number of nitrogens with one attached hydrogen (secondary N) is 1. The van der Waals surface area contributed by atoms with Crippen molar-refractivity contribution in [3.8, 4) is 0 Å². The van der Waals surface area contributed by atoms with Gasteiger partial charge >= 0.3 is 11.9 Å². The highest BCUT2D eigenvalue weighted by Gasteiger charge is 2.49. The highest BCUT2D eigenvalue weighted by Crippen LogP contribution is 2.46.